The Balaban J connectivity index is 1.33. The molecule has 2 aromatic carbocycles. The maximum Gasteiger partial charge on any atom is 0.229 e. The van der Waals surface area contributed by atoms with E-state index in [1.807, 2.05) is 12.1 Å². The molecule has 1 aromatic heterocycles. The zero-order chi connectivity index (χ0) is 23.3. The number of allylic oxidation sites excluding steroid dienone is 1. The lowest BCUT2D eigenvalue weighted by molar-refractivity contribution is 0.306. The Hall–Kier alpha value is -3.39. The average molecular weight is 475 g/mol. The molecular formula is C26H26N4O3S. The smallest absolute Gasteiger partial charge is 0.229 e. The van der Waals surface area contributed by atoms with Crippen molar-refractivity contribution in [1.29, 1.82) is 0 Å². The highest BCUT2D eigenvalue weighted by Gasteiger charge is 2.28. The maximum absolute atomic E-state index is 11.6. The van der Waals surface area contributed by atoms with E-state index in [4.69, 9.17) is 9.72 Å². The first-order chi connectivity index (χ1) is 16.4. The molecule has 0 amide bonds. The summed E-state index contributed by atoms with van der Waals surface area (Å²) >= 11 is 0. The molecule has 3 aliphatic rings. The fraction of sp³-hybridized carbons (Fsp3) is 0.308. The summed E-state index contributed by atoms with van der Waals surface area (Å²) < 4.78 is 31.7. The molecule has 1 aliphatic heterocycles. The van der Waals surface area contributed by atoms with Crippen molar-refractivity contribution < 1.29 is 13.2 Å². The number of benzene rings is 2. The third-order valence-corrected chi connectivity index (χ3v) is 7.08. The molecule has 6 rings (SSSR count). The molecule has 2 heterocycles. The van der Waals surface area contributed by atoms with Gasteiger partial charge in [0.2, 0.25) is 10.0 Å². The van der Waals surface area contributed by atoms with Gasteiger partial charge in [0.15, 0.2) is 0 Å². The lowest BCUT2D eigenvalue weighted by Gasteiger charge is -2.31. The zero-order valence-electron chi connectivity index (χ0n) is 19.0. The lowest BCUT2D eigenvalue weighted by atomic mass is 10.0. The first-order valence-corrected chi connectivity index (χ1v) is 13.5. The van der Waals surface area contributed by atoms with Crippen LogP contribution in [0.2, 0.25) is 0 Å². The highest BCUT2D eigenvalue weighted by atomic mass is 32.2. The van der Waals surface area contributed by atoms with Gasteiger partial charge >= 0.3 is 0 Å². The Kier molecular flexibility index (Phi) is 5.06. The summed E-state index contributed by atoms with van der Waals surface area (Å²) in [5.74, 6) is 1.76. The minimum absolute atomic E-state index is 0.503. The molecule has 8 heteroatoms. The highest BCUT2D eigenvalue weighted by Crippen LogP contribution is 2.40. The molecule has 0 radical (unpaired) electrons. The van der Waals surface area contributed by atoms with E-state index < -0.39 is 10.0 Å². The van der Waals surface area contributed by atoms with Crippen molar-refractivity contribution in [3.05, 3.63) is 71.7 Å². The Morgan fingerprint density at radius 1 is 1.15 bits per heavy atom. The van der Waals surface area contributed by atoms with E-state index in [1.165, 1.54) is 12.8 Å². The molecule has 0 atom stereocenters. The second-order valence-electron chi connectivity index (χ2n) is 9.25. The Morgan fingerprint density at radius 3 is 2.85 bits per heavy atom. The van der Waals surface area contributed by atoms with Crippen LogP contribution in [0.4, 0.5) is 11.4 Å². The third kappa shape index (κ3) is 4.25. The maximum atomic E-state index is 11.6. The fourth-order valence-corrected chi connectivity index (χ4v) is 5.22. The first kappa shape index (κ1) is 21.2. The van der Waals surface area contributed by atoms with Crippen LogP contribution in [0.15, 0.2) is 54.7 Å². The van der Waals surface area contributed by atoms with Gasteiger partial charge in [0, 0.05) is 29.8 Å². The molecule has 2 aliphatic carbocycles. The zero-order valence-corrected chi connectivity index (χ0v) is 19.8. The Morgan fingerprint density at radius 2 is 2.03 bits per heavy atom. The van der Waals surface area contributed by atoms with E-state index >= 15 is 0 Å². The second-order valence-corrected chi connectivity index (χ2v) is 11.0. The molecular weight excluding hydrogens is 448 g/mol. The van der Waals surface area contributed by atoms with E-state index in [-0.39, 0.29) is 0 Å². The molecule has 174 valence electrons. The van der Waals surface area contributed by atoms with Crippen LogP contribution >= 0.6 is 0 Å². The average Bonchev–Trinajstić information content (AvgIpc) is 3.53. The topological polar surface area (TPSA) is 84.4 Å². The van der Waals surface area contributed by atoms with Gasteiger partial charge in [-0.2, -0.15) is 0 Å². The predicted octanol–water partition coefficient (Wildman–Crippen LogP) is 4.11. The molecule has 3 aromatic rings. The Labute approximate surface area is 199 Å². The summed E-state index contributed by atoms with van der Waals surface area (Å²) in [5, 5.41) is 0. The molecule has 7 nitrogen and oxygen atoms in total. The number of nitrogens with one attached hydrogen (secondary N) is 1. The standard InChI is InChI=1S/C26H26N4O3S/c1-34(31,32)29-20-4-2-3-19(13-20)23-15-27-22-9-8-21(26(22)28-23)18-7-10-25-24(14-18)30(11-12-33-25)16-17-5-6-17/h2-4,7-8,10,13-15,17,29H,5-6,9,11-12,16H2,1H3. The Bertz CT molecular complexity index is 1410. The van der Waals surface area contributed by atoms with Crippen LogP contribution in [-0.2, 0) is 16.4 Å². The summed E-state index contributed by atoms with van der Waals surface area (Å²) in [7, 11) is -3.36. The molecule has 0 spiro atoms. The SMILES string of the molecule is CS(=O)(=O)Nc1cccc(-c2cnc3c(n2)C(c2ccc4c(c2)N(CC2CC2)CCO4)=CC3)c1. The number of fused-ring (bicyclic) bond motifs is 2. The fourth-order valence-electron chi connectivity index (χ4n) is 4.67. The molecule has 0 bridgehead atoms. The summed E-state index contributed by atoms with van der Waals surface area (Å²) in [6.45, 7) is 2.74. The minimum atomic E-state index is -3.36. The van der Waals surface area contributed by atoms with Crippen molar-refractivity contribution in [2.75, 3.05) is 35.6 Å². The number of sulfonamides is 1. The van der Waals surface area contributed by atoms with Crippen LogP contribution in [0, 0.1) is 5.92 Å². The molecule has 34 heavy (non-hydrogen) atoms. The largest absolute Gasteiger partial charge is 0.490 e. The predicted molar refractivity (Wildman–Crippen MR) is 134 cm³/mol. The van der Waals surface area contributed by atoms with Crippen molar-refractivity contribution in [3.63, 3.8) is 0 Å². The van der Waals surface area contributed by atoms with Gasteiger partial charge in [-0.1, -0.05) is 24.3 Å². The van der Waals surface area contributed by atoms with Crippen LogP contribution in [0.3, 0.4) is 0 Å². The number of anilines is 2. The van der Waals surface area contributed by atoms with Gasteiger partial charge in [-0.05, 0) is 48.6 Å². The number of hydrogen-bond acceptors (Lipinski definition) is 6. The number of rotatable bonds is 6. The van der Waals surface area contributed by atoms with Gasteiger partial charge in [0.05, 0.1) is 41.8 Å². The second kappa shape index (κ2) is 8.13. The van der Waals surface area contributed by atoms with Crippen molar-refractivity contribution in [2.24, 2.45) is 5.92 Å². The molecule has 1 saturated carbocycles. The normalized spacial score (nSPS) is 17.0. The van der Waals surface area contributed by atoms with Gasteiger partial charge in [-0.25, -0.2) is 13.4 Å². The van der Waals surface area contributed by atoms with Crippen molar-refractivity contribution in [1.82, 2.24) is 9.97 Å². The monoisotopic (exact) mass is 474 g/mol. The van der Waals surface area contributed by atoms with Crippen molar-refractivity contribution >= 4 is 27.0 Å². The summed E-state index contributed by atoms with van der Waals surface area (Å²) in [4.78, 5) is 12.1. The number of ether oxygens (including phenoxy) is 1. The van der Waals surface area contributed by atoms with E-state index in [0.29, 0.717) is 11.4 Å². The van der Waals surface area contributed by atoms with Gasteiger partial charge < -0.3 is 9.64 Å². The van der Waals surface area contributed by atoms with Crippen LogP contribution < -0.4 is 14.4 Å². The van der Waals surface area contributed by atoms with Gasteiger partial charge in [0.1, 0.15) is 12.4 Å². The lowest BCUT2D eigenvalue weighted by Crippen LogP contribution is -2.34. The molecule has 0 unspecified atom stereocenters. The molecule has 1 fully saturated rings. The number of nitrogens with zero attached hydrogens (tertiary/aromatic N) is 3. The summed E-state index contributed by atoms with van der Waals surface area (Å²) in [6.07, 6.45) is 8.47. The van der Waals surface area contributed by atoms with Crippen molar-refractivity contribution in [2.45, 2.75) is 19.3 Å². The molecule has 1 N–H and O–H groups in total. The van der Waals surface area contributed by atoms with Gasteiger partial charge in [0.25, 0.3) is 0 Å². The third-order valence-electron chi connectivity index (χ3n) is 6.47. The first-order valence-electron chi connectivity index (χ1n) is 11.6. The van der Waals surface area contributed by atoms with Gasteiger partial charge in [-0.15, -0.1) is 0 Å². The molecule has 0 saturated heterocycles. The quantitative estimate of drug-likeness (QED) is 0.579. The van der Waals surface area contributed by atoms with E-state index in [2.05, 4.69) is 38.9 Å². The van der Waals surface area contributed by atoms with E-state index in [9.17, 15) is 8.42 Å². The van der Waals surface area contributed by atoms with Crippen LogP contribution in [0.25, 0.3) is 16.8 Å². The van der Waals surface area contributed by atoms with E-state index in [0.717, 1.165) is 77.8 Å². The number of aromatic nitrogens is 2. The van der Waals surface area contributed by atoms with Crippen LogP contribution in [-0.4, -0.2) is 44.3 Å². The number of hydrogen-bond donors (Lipinski definition) is 1. The van der Waals surface area contributed by atoms with Gasteiger partial charge in [-0.3, -0.25) is 9.71 Å². The summed E-state index contributed by atoms with van der Waals surface area (Å²) in [5.41, 5.74) is 7.21. The minimum Gasteiger partial charge on any atom is -0.490 e. The van der Waals surface area contributed by atoms with Crippen molar-refractivity contribution in [3.8, 4) is 17.0 Å². The highest BCUT2D eigenvalue weighted by molar-refractivity contribution is 7.92. The van der Waals surface area contributed by atoms with E-state index in [1.54, 1.807) is 18.3 Å². The summed E-state index contributed by atoms with van der Waals surface area (Å²) in [6, 6.07) is 13.6. The van der Waals surface area contributed by atoms with Crippen LogP contribution in [0.5, 0.6) is 5.75 Å². The van der Waals surface area contributed by atoms with Crippen LogP contribution in [0.1, 0.15) is 29.8 Å².